The summed E-state index contributed by atoms with van der Waals surface area (Å²) in [5, 5.41) is 3.02. The van der Waals surface area contributed by atoms with E-state index in [1.54, 1.807) is 31.3 Å². The zero-order valence-electron chi connectivity index (χ0n) is 14.3. The maximum Gasteiger partial charge on any atom is 0.409 e. The van der Waals surface area contributed by atoms with Gasteiger partial charge in [-0.2, -0.15) is 0 Å². The molecule has 2 rings (SSSR count). The first-order valence-electron chi connectivity index (χ1n) is 7.90. The number of rotatable bonds is 5. The van der Waals surface area contributed by atoms with Crippen molar-refractivity contribution in [3.8, 4) is 11.5 Å². The third-order valence-electron chi connectivity index (χ3n) is 4.11. The van der Waals surface area contributed by atoms with Gasteiger partial charge in [0.25, 0.3) is 0 Å². The van der Waals surface area contributed by atoms with Gasteiger partial charge in [-0.25, -0.2) is 4.79 Å². The predicted octanol–water partition coefficient (Wildman–Crippen LogP) is 1.59. The lowest BCUT2D eigenvalue weighted by atomic mass is 10.0. The zero-order valence-corrected chi connectivity index (χ0v) is 14.3. The first-order chi connectivity index (χ1) is 11.6. The van der Waals surface area contributed by atoms with E-state index >= 15 is 0 Å². The van der Waals surface area contributed by atoms with E-state index in [1.807, 2.05) is 6.07 Å². The van der Waals surface area contributed by atoms with E-state index in [-0.39, 0.29) is 24.5 Å². The smallest absolute Gasteiger partial charge is 0.409 e. The largest absolute Gasteiger partial charge is 0.493 e. The Kier molecular flexibility index (Phi) is 6.28. The van der Waals surface area contributed by atoms with Gasteiger partial charge in [-0.15, -0.1) is 0 Å². The van der Waals surface area contributed by atoms with Crippen LogP contribution in [0, 0.1) is 0 Å². The summed E-state index contributed by atoms with van der Waals surface area (Å²) >= 11 is 0. The summed E-state index contributed by atoms with van der Waals surface area (Å²) in [4.78, 5) is 25.3. The number of methoxy groups -OCH3 is 3. The van der Waals surface area contributed by atoms with Crippen LogP contribution in [0.4, 0.5) is 4.79 Å². The molecule has 0 saturated carbocycles. The minimum atomic E-state index is -0.315. The number of hydrogen-bond acceptors (Lipinski definition) is 5. The molecule has 0 atom stereocenters. The zero-order chi connectivity index (χ0) is 17.5. The molecule has 24 heavy (non-hydrogen) atoms. The topological polar surface area (TPSA) is 77.1 Å². The van der Waals surface area contributed by atoms with Gasteiger partial charge in [0, 0.05) is 19.1 Å². The molecule has 0 aliphatic carbocycles. The number of benzene rings is 1. The normalized spacial score (nSPS) is 14.9. The first-order valence-corrected chi connectivity index (χ1v) is 7.90. The molecule has 132 valence electrons. The molecular formula is C17H24N2O5. The fourth-order valence-corrected chi connectivity index (χ4v) is 2.79. The van der Waals surface area contributed by atoms with Crippen molar-refractivity contribution >= 4 is 12.0 Å². The van der Waals surface area contributed by atoms with Crippen molar-refractivity contribution < 1.29 is 23.8 Å². The summed E-state index contributed by atoms with van der Waals surface area (Å²) in [5.41, 5.74) is 0.858. The molecule has 0 radical (unpaired) electrons. The van der Waals surface area contributed by atoms with Crippen LogP contribution in [-0.4, -0.2) is 57.4 Å². The van der Waals surface area contributed by atoms with Crippen molar-refractivity contribution in [1.29, 1.82) is 0 Å². The van der Waals surface area contributed by atoms with Crippen LogP contribution in [0.5, 0.6) is 11.5 Å². The van der Waals surface area contributed by atoms with E-state index in [0.29, 0.717) is 24.6 Å². The van der Waals surface area contributed by atoms with Crippen LogP contribution >= 0.6 is 0 Å². The summed E-state index contributed by atoms with van der Waals surface area (Å²) in [6.07, 6.45) is 1.42. The van der Waals surface area contributed by atoms with Gasteiger partial charge in [-0.1, -0.05) is 6.07 Å². The number of amides is 2. The van der Waals surface area contributed by atoms with E-state index in [4.69, 9.17) is 14.2 Å². The Hall–Kier alpha value is -2.44. The SMILES string of the molecule is COC(=O)N1CCC(NC(=O)Cc2ccc(OC)c(OC)c2)CC1. The molecule has 1 aromatic rings. The molecule has 1 aromatic carbocycles. The van der Waals surface area contributed by atoms with E-state index in [0.717, 1.165) is 18.4 Å². The maximum atomic E-state index is 12.2. The molecule has 7 heteroatoms. The van der Waals surface area contributed by atoms with Gasteiger partial charge in [0.1, 0.15) is 0 Å². The minimum absolute atomic E-state index is 0.0428. The number of hydrogen-bond donors (Lipinski definition) is 1. The average molecular weight is 336 g/mol. The van der Waals surface area contributed by atoms with Crippen LogP contribution < -0.4 is 14.8 Å². The Labute approximate surface area is 141 Å². The third-order valence-corrected chi connectivity index (χ3v) is 4.11. The van der Waals surface area contributed by atoms with Crippen LogP contribution in [0.3, 0.4) is 0 Å². The Morgan fingerprint density at radius 1 is 1.12 bits per heavy atom. The second-order valence-corrected chi connectivity index (χ2v) is 5.66. The first kappa shape index (κ1) is 17.9. The molecule has 0 bridgehead atoms. The molecule has 0 aromatic heterocycles. The van der Waals surface area contributed by atoms with Gasteiger partial charge in [0.2, 0.25) is 5.91 Å². The molecule has 1 saturated heterocycles. The highest BCUT2D eigenvalue weighted by Gasteiger charge is 2.24. The van der Waals surface area contributed by atoms with Gasteiger partial charge in [-0.3, -0.25) is 4.79 Å². The molecule has 1 aliphatic heterocycles. The lowest BCUT2D eigenvalue weighted by Crippen LogP contribution is -2.46. The van der Waals surface area contributed by atoms with Crippen molar-refractivity contribution in [3.05, 3.63) is 23.8 Å². The highest BCUT2D eigenvalue weighted by Crippen LogP contribution is 2.27. The fourth-order valence-electron chi connectivity index (χ4n) is 2.79. The molecule has 2 amide bonds. The highest BCUT2D eigenvalue weighted by atomic mass is 16.5. The molecule has 7 nitrogen and oxygen atoms in total. The fraction of sp³-hybridized carbons (Fsp3) is 0.529. The van der Waals surface area contributed by atoms with Gasteiger partial charge in [0.05, 0.1) is 27.8 Å². The average Bonchev–Trinajstić information content (AvgIpc) is 2.61. The monoisotopic (exact) mass is 336 g/mol. The van der Waals surface area contributed by atoms with Crippen LogP contribution in [0.2, 0.25) is 0 Å². The van der Waals surface area contributed by atoms with Crippen molar-refractivity contribution in [1.82, 2.24) is 10.2 Å². The number of carbonyl (C=O) groups excluding carboxylic acids is 2. The Morgan fingerprint density at radius 2 is 1.79 bits per heavy atom. The molecule has 1 aliphatic rings. The molecule has 1 heterocycles. The molecule has 0 spiro atoms. The minimum Gasteiger partial charge on any atom is -0.493 e. The quantitative estimate of drug-likeness (QED) is 0.884. The highest BCUT2D eigenvalue weighted by molar-refractivity contribution is 5.79. The molecule has 0 unspecified atom stereocenters. The van der Waals surface area contributed by atoms with E-state index in [9.17, 15) is 9.59 Å². The maximum absolute atomic E-state index is 12.2. The second kappa shape index (κ2) is 8.42. The van der Waals surface area contributed by atoms with Gasteiger partial charge in [0.15, 0.2) is 11.5 Å². The summed E-state index contributed by atoms with van der Waals surface area (Å²) < 4.78 is 15.1. The summed E-state index contributed by atoms with van der Waals surface area (Å²) in [5.74, 6) is 1.20. The van der Waals surface area contributed by atoms with Crippen LogP contribution in [-0.2, 0) is 16.0 Å². The van der Waals surface area contributed by atoms with Crippen molar-refractivity contribution in [2.75, 3.05) is 34.4 Å². The van der Waals surface area contributed by atoms with E-state index < -0.39 is 0 Å². The van der Waals surface area contributed by atoms with Gasteiger partial charge in [-0.05, 0) is 30.5 Å². The lowest BCUT2D eigenvalue weighted by molar-refractivity contribution is -0.121. The van der Waals surface area contributed by atoms with Gasteiger partial charge < -0.3 is 24.4 Å². The number of nitrogens with zero attached hydrogens (tertiary/aromatic N) is 1. The lowest BCUT2D eigenvalue weighted by Gasteiger charge is -2.31. The van der Waals surface area contributed by atoms with E-state index in [2.05, 4.69) is 5.32 Å². The molecular weight excluding hydrogens is 312 g/mol. The van der Waals surface area contributed by atoms with Crippen LogP contribution in [0.25, 0.3) is 0 Å². The summed E-state index contributed by atoms with van der Waals surface area (Å²) in [6, 6.07) is 5.52. The number of ether oxygens (including phenoxy) is 3. The van der Waals surface area contributed by atoms with E-state index in [1.165, 1.54) is 7.11 Å². The number of carbonyl (C=O) groups is 2. The van der Waals surface area contributed by atoms with Crippen LogP contribution in [0.15, 0.2) is 18.2 Å². The standard InChI is InChI=1S/C17H24N2O5/c1-22-14-5-4-12(10-15(14)23-2)11-16(20)18-13-6-8-19(9-7-13)17(21)24-3/h4-5,10,13H,6-9,11H2,1-3H3,(H,18,20). The number of likely N-dealkylation sites (tertiary alicyclic amines) is 1. The van der Waals surface area contributed by atoms with Crippen molar-refractivity contribution in [3.63, 3.8) is 0 Å². The number of nitrogens with one attached hydrogen (secondary N) is 1. The summed E-state index contributed by atoms with van der Waals surface area (Å²) in [6.45, 7) is 1.18. The van der Waals surface area contributed by atoms with Crippen molar-refractivity contribution in [2.45, 2.75) is 25.3 Å². The Morgan fingerprint density at radius 3 is 2.38 bits per heavy atom. The molecule has 1 fully saturated rings. The Bertz CT molecular complexity index is 582. The third kappa shape index (κ3) is 4.53. The molecule has 1 N–H and O–H groups in total. The second-order valence-electron chi connectivity index (χ2n) is 5.66. The number of piperidine rings is 1. The van der Waals surface area contributed by atoms with Gasteiger partial charge >= 0.3 is 6.09 Å². The Balaban J connectivity index is 1.85. The predicted molar refractivity (Wildman–Crippen MR) is 88.4 cm³/mol. The van der Waals surface area contributed by atoms with Crippen LogP contribution in [0.1, 0.15) is 18.4 Å². The summed E-state index contributed by atoms with van der Waals surface area (Å²) in [7, 11) is 4.51. The van der Waals surface area contributed by atoms with Crippen molar-refractivity contribution in [2.24, 2.45) is 0 Å².